The molecule has 94 valence electrons. The van der Waals surface area contributed by atoms with Gasteiger partial charge < -0.3 is 15.7 Å². The van der Waals surface area contributed by atoms with Crippen LogP contribution in [0, 0.1) is 5.92 Å². The summed E-state index contributed by atoms with van der Waals surface area (Å²) in [5, 5.41) is 10.0. The minimum atomic E-state index is -0.574. The molecular weight excluding hydrogens is 214 g/mol. The van der Waals surface area contributed by atoms with Crippen LogP contribution in [-0.2, 0) is 0 Å². The molecule has 0 amide bonds. The molecule has 0 spiro atoms. The zero-order valence-corrected chi connectivity index (χ0v) is 10.6. The van der Waals surface area contributed by atoms with Gasteiger partial charge in [0, 0.05) is 19.3 Å². The fourth-order valence-electron chi connectivity index (χ4n) is 2.51. The molecule has 1 aliphatic heterocycles. The molecule has 2 rings (SSSR count). The zero-order chi connectivity index (χ0) is 12.5. The van der Waals surface area contributed by atoms with Crippen molar-refractivity contribution in [1.82, 2.24) is 4.98 Å². The lowest BCUT2D eigenvalue weighted by atomic mass is 9.83. The molecule has 4 nitrogen and oxygen atoms in total. The Hall–Kier alpha value is -1.29. The number of hydrogen-bond donors (Lipinski definition) is 2. The SMILES string of the molecule is CC(C)(O)C1CCN(c2ccncc2N)CC1. The van der Waals surface area contributed by atoms with E-state index < -0.39 is 5.60 Å². The van der Waals surface area contributed by atoms with Gasteiger partial charge in [-0.1, -0.05) is 0 Å². The lowest BCUT2D eigenvalue weighted by molar-refractivity contribution is 0.00653. The van der Waals surface area contributed by atoms with Crippen LogP contribution in [0.1, 0.15) is 26.7 Å². The average molecular weight is 235 g/mol. The molecule has 1 fully saturated rings. The monoisotopic (exact) mass is 235 g/mol. The predicted octanol–water partition coefficient (Wildman–Crippen LogP) is 1.65. The summed E-state index contributed by atoms with van der Waals surface area (Å²) in [5.41, 5.74) is 7.14. The number of anilines is 2. The summed E-state index contributed by atoms with van der Waals surface area (Å²) in [4.78, 5) is 6.28. The Balaban J connectivity index is 2.03. The molecule has 0 aromatic carbocycles. The van der Waals surface area contributed by atoms with E-state index in [1.165, 1.54) is 0 Å². The molecule has 17 heavy (non-hydrogen) atoms. The number of rotatable bonds is 2. The molecule has 4 heteroatoms. The van der Waals surface area contributed by atoms with Crippen molar-refractivity contribution in [3.8, 4) is 0 Å². The predicted molar refractivity (Wildman–Crippen MR) is 69.9 cm³/mol. The summed E-state index contributed by atoms with van der Waals surface area (Å²) in [6, 6.07) is 1.96. The van der Waals surface area contributed by atoms with E-state index in [2.05, 4.69) is 9.88 Å². The fourth-order valence-corrected chi connectivity index (χ4v) is 2.51. The highest BCUT2D eigenvalue weighted by atomic mass is 16.3. The second-order valence-corrected chi connectivity index (χ2v) is 5.35. The Morgan fingerprint density at radius 2 is 2.06 bits per heavy atom. The maximum Gasteiger partial charge on any atom is 0.0738 e. The molecule has 0 radical (unpaired) electrons. The van der Waals surface area contributed by atoms with E-state index in [1.54, 1.807) is 12.4 Å². The van der Waals surface area contributed by atoms with Gasteiger partial charge in [-0.15, -0.1) is 0 Å². The first kappa shape index (κ1) is 12.2. The van der Waals surface area contributed by atoms with Gasteiger partial charge in [0.2, 0.25) is 0 Å². The third-order valence-electron chi connectivity index (χ3n) is 3.66. The summed E-state index contributed by atoms with van der Waals surface area (Å²) in [5.74, 6) is 0.377. The highest BCUT2D eigenvalue weighted by Gasteiger charge is 2.30. The molecule has 0 aliphatic carbocycles. The zero-order valence-electron chi connectivity index (χ0n) is 10.6. The first-order valence-electron chi connectivity index (χ1n) is 6.15. The van der Waals surface area contributed by atoms with Gasteiger partial charge in [-0.2, -0.15) is 0 Å². The van der Waals surface area contributed by atoms with E-state index in [-0.39, 0.29) is 0 Å². The molecule has 1 aliphatic rings. The average Bonchev–Trinajstić information content (AvgIpc) is 2.29. The summed E-state index contributed by atoms with van der Waals surface area (Å²) < 4.78 is 0. The van der Waals surface area contributed by atoms with Gasteiger partial charge in [-0.05, 0) is 38.7 Å². The van der Waals surface area contributed by atoms with Gasteiger partial charge in [-0.3, -0.25) is 4.98 Å². The molecule has 2 heterocycles. The number of pyridine rings is 1. The van der Waals surface area contributed by atoms with Crippen LogP contribution >= 0.6 is 0 Å². The molecule has 0 saturated carbocycles. The van der Waals surface area contributed by atoms with E-state index in [4.69, 9.17) is 5.73 Å². The number of aromatic nitrogens is 1. The minimum absolute atomic E-state index is 0.377. The first-order valence-corrected chi connectivity index (χ1v) is 6.15. The Morgan fingerprint density at radius 1 is 1.41 bits per heavy atom. The van der Waals surface area contributed by atoms with Crippen LogP contribution in [0.25, 0.3) is 0 Å². The maximum atomic E-state index is 10.0. The van der Waals surface area contributed by atoms with E-state index in [9.17, 15) is 5.11 Å². The van der Waals surface area contributed by atoms with Crippen LogP contribution in [0.4, 0.5) is 11.4 Å². The number of aliphatic hydroxyl groups is 1. The summed E-state index contributed by atoms with van der Waals surface area (Å²) in [6.45, 7) is 5.69. The minimum Gasteiger partial charge on any atom is -0.396 e. The van der Waals surface area contributed by atoms with Crippen molar-refractivity contribution in [3.63, 3.8) is 0 Å². The lowest BCUT2D eigenvalue weighted by Gasteiger charge is -2.39. The van der Waals surface area contributed by atoms with Gasteiger partial charge in [0.05, 0.1) is 23.2 Å². The number of piperidine rings is 1. The largest absolute Gasteiger partial charge is 0.396 e. The van der Waals surface area contributed by atoms with Gasteiger partial charge in [-0.25, -0.2) is 0 Å². The van der Waals surface area contributed by atoms with Gasteiger partial charge in [0.15, 0.2) is 0 Å². The van der Waals surface area contributed by atoms with Crippen LogP contribution < -0.4 is 10.6 Å². The smallest absolute Gasteiger partial charge is 0.0738 e. The summed E-state index contributed by atoms with van der Waals surface area (Å²) in [6.07, 6.45) is 5.47. The third-order valence-corrected chi connectivity index (χ3v) is 3.66. The van der Waals surface area contributed by atoms with Gasteiger partial charge in [0.1, 0.15) is 0 Å². The number of hydrogen-bond acceptors (Lipinski definition) is 4. The fraction of sp³-hybridized carbons (Fsp3) is 0.615. The Bertz CT molecular complexity index is 378. The molecule has 1 aromatic heterocycles. The number of nitrogen functional groups attached to an aromatic ring is 1. The van der Waals surface area contributed by atoms with E-state index >= 15 is 0 Å². The Labute approximate surface area is 102 Å². The molecule has 1 aromatic rings. The standard InChI is InChI=1S/C13H21N3O/c1-13(2,17)10-4-7-16(8-5-10)12-3-6-15-9-11(12)14/h3,6,9-10,17H,4-5,7-8,14H2,1-2H3. The Kier molecular flexibility index (Phi) is 3.24. The number of nitrogens with zero attached hydrogens (tertiary/aromatic N) is 2. The molecule has 0 bridgehead atoms. The third kappa shape index (κ3) is 2.69. The van der Waals surface area contributed by atoms with Gasteiger partial charge in [0.25, 0.3) is 0 Å². The molecule has 3 N–H and O–H groups in total. The van der Waals surface area contributed by atoms with Crippen LogP contribution in [0.3, 0.4) is 0 Å². The second-order valence-electron chi connectivity index (χ2n) is 5.35. The highest BCUT2D eigenvalue weighted by Crippen LogP contribution is 2.31. The summed E-state index contributed by atoms with van der Waals surface area (Å²) in [7, 11) is 0. The highest BCUT2D eigenvalue weighted by molar-refractivity contribution is 5.66. The maximum absolute atomic E-state index is 10.0. The quantitative estimate of drug-likeness (QED) is 0.818. The van der Waals surface area contributed by atoms with Crippen molar-refractivity contribution in [1.29, 1.82) is 0 Å². The van der Waals surface area contributed by atoms with Crippen LogP contribution in [0.5, 0.6) is 0 Å². The van der Waals surface area contributed by atoms with Crippen molar-refractivity contribution >= 4 is 11.4 Å². The van der Waals surface area contributed by atoms with Crippen LogP contribution in [0.15, 0.2) is 18.5 Å². The van der Waals surface area contributed by atoms with Crippen molar-refractivity contribution < 1.29 is 5.11 Å². The Morgan fingerprint density at radius 3 is 2.59 bits per heavy atom. The second kappa shape index (κ2) is 4.53. The first-order chi connectivity index (χ1) is 7.98. The van der Waals surface area contributed by atoms with Crippen LogP contribution in [-0.4, -0.2) is 28.8 Å². The van der Waals surface area contributed by atoms with Crippen molar-refractivity contribution in [2.75, 3.05) is 23.7 Å². The van der Waals surface area contributed by atoms with Crippen molar-refractivity contribution in [2.45, 2.75) is 32.3 Å². The lowest BCUT2D eigenvalue weighted by Crippen LogP contribution is -2.42. The van der Waals surface area contributed by atoms with Crippen molar-refractivity contribution in [3.05, 3.63) is 18.5 Å². The molecule has 0 atom stereocenters. The van der Waals surface area contributed by atoms with E-state index in [0.717, 1.165) is 37.3 Å². The topological polar surface area (TPSA) is 62.4 Å². The van der Waals surface area contributed by atoms with E-state index in [1.807, 2.05) is 19.9 Å². The van der Waals surface area contributed by atoms with Crippen molar-refractivity contribution in [2.24, 2.45) is 5.92 Å². The molecule has 0 unspecified atom stereocenters. The molecular formula is C13H21N3O. The van der Waals surface area contributed by atoms with Crippen LogP contribution in [0.2, 0.25) is 0 Å². The normalized spacial score (nSPS) is 18.4. The van der Waals surface area contributed by atoms with Gasteiger partial charge >= 0.3 is 0 Å². The summed E-state index contributed by atoms with van der Waals surface area (Å²) >= 11 is 0. The number of nitrogens with two attached hydrogens (primary N) is 1. The molecule has 1 saturated heterocycles. The van der Waals surface area contributed by atoms with E-state index in [0.29, 0.717) is 5.92 Å².